The topological polar surface area (TPSA) is 40.6 Å². The van der Waals surface area contributed by atoms with Crippen LogP contribution >= 0.6 is 0 Å². The third-order valence-electron chi connectivity index (χ3n) is 4.46. The molecule has 0 N–H and O–H groups in total. The third kappa shape index (κ3) is 4.16. The van der Waals surface area contributed by atoms with Gasteiger partial charge in [-0.1, -0.05) is 0 Å². The van der Waals surface area contributed by atoms with Crippen LogP contribution in [-0.2, 0) is 0 Å². The molecule has 1 aliphatic heterocycles. The number of halogens is 4. The van der Waals surface area contributed by atoms with Crippen LogP contribution in [0.4, 0.5) is 17.6 Å². The van der Waals surface area contributed by atoms with Gasteiger partial charge in [0.15, 0.2) is 23.2 Å². The molecule has 0 saturated carbocycles. The number of benzene rings is 2. The van der Waals surface area contributed by atoms with Crippen molar-refractivity contribution in [2.24, 2.45) is 0 Å². The first-order valence-corrected chi connectivity index (χ1v) is 8.30. The molecule has 0 bridgehead atoms. The van der Waals surface area contributed by atoms with Gasteiger partial charge in [0.1, 0.15) is 5.82 Å². The molecule has 1 amide bonds. The molecule has 0 radical (unpaired) electrons. The Morgan fingerprint density at radius 3 is 2.07 bits per heavy atom. The molecule has 1 heterocycles. The number of nitrogens with zero attached hydrogens (tertiary/aromatic N) is 2. The summed E-state index contributed by atoms with van der Waals surface area (Å²) in [6, 6.07) is 6.86. The van der Waals surface area contributed by atoms with E-state index in [1.165, 1.54) is 29.2 Å². The fourth-order valence-corrected chi connectivity index (χ4v) is 2.90. The molecule has 0 spiro atoms. The fourth-order valence-electron chi connectivity index (χ4n) is 2.90. The zero-order valence-electron chi connectivity index (χ0n) is 14.2. The fraction of sp³-hybridized carbons (Fsp3) is 0.263. The lowest BCUT2D eigenvalue weighted by atomic mass is 10.1. The normalized spacial score (nSPS) is 15.0. The monoisotopic (exact) mass is 380 g/mol. The van der Waals surface area contributed by atoms with Crippen LogP contribution in [0.3, 0.4) is 0 Å². The standard InChI is InChI=1S/C19H16F4N2O2/c20-13-3-1-12(2-4-13)16(26)11-24-7-9-25(10-8-24)19(27)14-5-6-15(21)18(23)17(14)22/h1-6H,7-11H2. The molecule has 8 heteroatoms. The highest BCUT2D eigenvalue weighted by Gasteiger charge is 2.27. The van der Waals surface area contributed by atoms with Crippen LogP contribution < -0.4 is 0 Å². The highest BCUT2D eigenvalue weighted by molar-refractivity contribution is 5.97. The van der Waals surface area contributed by atoms with Crippen molar-refractivity contribution in [3.63, 3.8) is 0 Å². The number of hydrogen-bond acceptors (Lipinski definition) is 3. The van der Waals surface area contributed by atoms with Crippen molar-refractivity contribution in [2.45, 2.75) is 0 Å². The lowest BCUT2D eigenvalue weighted by Crippen LogP contribution is -2.50. The summed E-state index contributed by atoms with van der Waals surface area (Å²) < 4.78 is 53.0. The highest BCUT2D eigenvalue weighted by atomic mass is 19.2. The van der Waals surface area contributed by atoms with E-state index in [-0.39, 0.29) is 25.4 Å². The first-order valence-electron chi connectivity index (χ1n) is 8.30. The van der Waals surface area contributed by atoms with Gasteiger partial charge in [-0.2, -0.15) is 0 Å². The van der Waals surface area contributed by atoms with Gasteiger partial charge in [0.2, 0.25) is 0 Å². The third-order valence-corrected chi connectivity index (χ3v) is 4.46. The molecule has 3 rings (SSSR count). The van der Waals surface area contributed by atoms with Gasteiger partial charge in [0.05, 0.1) is 12.1 Å². The molecule has 2 aromatic carbocycles. The molecule has 1 saturated heterocycles. The summed E-state index contributed by atoms with van der Waals surface area (Å²) in [7, 11) is 0. The van der Waals surface area contributed by atoms with Crippen molar-refractivity contribution in [3.05, 3.63) is 70.8 Å². The van der Waals surface area contributed by atoms with Crippen molar-refractivity contribution < 1.29 is 27.2 Å². The van der Waals surface area contributed by atoms with E-state index in [4.69, 9.17) is 0 Å². The Bertz CT molecular complexity index is 863. The summed E-state index contributed by atoms with van der Waals surface area (Å²) >= 11 is 0. The Labute approximate surface area is 153 Å². The maximum atomic E-state index is 13.8. The van der Waals surface area contributed by atoms with E-state index in [0.29, 0.717) is 24.7 Å². The smallest absolute Gasteiger partial charge is 0.257 e. The van der Waals surface area contributed by atoms with Crippen molar-refractivity contribution in [2.75, 3.05) is 32.7 Å². The molecule has 0 atom stereocenters. The van der Waals surface area contributed by atoms with Gasteiger partial charge in [-0.15, -0.1) is 0 Å². The van der Waals surface area contributed by atoms with E-state index < -0.39 is 34.7 Å². The number of carbonyl (C=O) groups excluding carboxylic acids is 2. The van der Waals surface area contributed by atoms with Crippen molar-refractivity contribution in [3.8, 4) is 0 Å². The van der Waals surface area contributed by atoms with E-state index in [1.807, 2.05) is 4.90 Å². The average Bonchev–Trinajstić information content (AvgIpc) is 2.67. The Balaban J connectivity index is 1.58. The molecule has 4 nitrogen and oxygen atoms in total. The number of Topliss-reactive ketones (excluding diaryl/α,β-unsaturated/α-hetero) is 1. The van der Waals surface area contributed by atoms with Gasteiger partial charge in [0, 0.05) is 31.7 Å². The quantitative estimate of drug-likeness (QED) is 0.465. The van der Waals surface area contributed by atoms with E-state index in [2.05, 4.69) is 0 Å². The molecule has 1 fully saturated rings. The van der Waals surface area contributed by atoms with Crippen LogP contribution in [0.5, 0.6) is 0 Å². The Morgan fingerprint density at radius 1 is 0.815 bits per heavy atom. The first kappa shape index (κ1) is 19.0. The molecule has 0 unspecified atom stereocenters. The van der Waals surface area contributed by atoms with Crippen molar-refractivity contribution >= 4 is 11.7 Å². The van der Waals surface area contributed by atoms with Crippen LogP contribution in [0, 0.1) is 23.3 Å². The minimum absolute atomic E-state index is 0.104. The van der Waals surface area contributed by atoms with Gasteiger partial charge < -0.3 is 4.90 Å². The summed E-state index contributed by atoms with van der Waals surface area (Å²) in [5, 5.41) is 0. The van der Waals surface area contributed by atoms with Crippen LogP contribution in [0.15, 0.2) is 36.4 Å². The van der Waals surface area contributed by atoms with Crippen molar-refractivity contribution in [1.82, 2.24) is 9.80 Å². The summed E-state index contributed by atoms with van der Waals surface area (Å²) in [6.07, 6.45) is 0. The molecule has 0 aromatic heterocycles. The summed E-state index contributed by atoms with van der Waals surface area (Å²) in [5.74, 6) is -5.87. The largest absolute Gasteiger partial charge is 0.336 e. The molecule has 27 heavy (non-hydrogen) atoms. The van der Waals surface area contributed by atoms with Crippen LogP contribution in [0.2, 0.25) is 0 Å². The number of ketones is 1. The minimum Gasteiger partial charge on any atom is -0.336 e. The van der Waals surface area contributed by atoms with Gasteiger partial charge in [0.25, 0.3) is 5.91 Å². The predicted molar refractivity (Wildman–Crippen MR) is 89.4 cm³/mol. The Hall–Kier alpha value is -2.74. The summed E-state index contributed by atoms with van der Waals surface area (Å²) in [5.41, 5.74) is -0.136. The zero-order valence-corrected chi connectivity index (χ0v) is 14.2. The van der Waals surface area contributed by atoms with Gasteiger partial charge in [-0.3, -0.25) is 14.5 Å². The number of hydrogen-bond donors (Lipinski definition) is 0. The number of amides is 1. The Kier molecular flexibility index (Phi) is 5.55. The second-order valence-corrected chi connectivity index (χ2v) is 6.22. The minimum atomic E-state index is -1.68. The highest BCUT2D eigenvalue weighted by Crippen LogP contribution is 2.18. The lowest BCUT2D eigenvalue weighted by Gasteiger charge is -2.34. The molecule has 0 aliphatic carbocycles. The summed E-state index contributed by atoms with van der Waals surface area (Å²) in [6.45, 7) is 1.27. The van der Waals surface area contributed by atoms with E-state index in [1.54, 1.807) is 0 Å². The van der Waals surface area contributed by atoms with E-state index in [9.17, 15) is 27.2 Å². The van der Waals surface area contributed by atoms with Gasteiger partial charge >= 0.3 is 0 Å². The van der Waals surface area contributed by atoms with Gasteiger partial charge in [-0.25, -0.2) is 17.6 Å². The molecule has 142 valence electrons. The second kappa shape index (κ2) is 7.87. The Morgan fingerprint density at radius 2 is 1.44 bits per heavy atom. The number of rotatable bonds is 4. The molecular weight excluding hydrogens is 364 g/mol. The predicted octanol–water partition coefficient (Wildman–Crippen LogP) is 2.88. The second-order valence-electron chi connectivity index (χ2n) is 6.22. The summed E-state index contributed by atoms with van der Waals surface area (Å²) in [4.78, 5) is 27.7. The zero-order chi connectivity index (χ0) is 19.6. The van der Waals surface area contributed by atoms with E-state index in [0.717, 1.165) is 6.07 Å². The van der Waals surface area contributed by atoms with Crippen LogP contribution in [-0.4, -0.2) is 54.2 Å². The first-order chi connectivity index (χ1) is 12.9. The molecule has 1 aliphatic rings. The SMILES string of the molecule is O=C(CN1CCN(C(=O)c2ccc(F)c(F)c2F)CC1)c1ccc(F)cc1. The number of carbonyl (C=O) groups is 2. The van der Waals surface area contributed by atoms with Gasteiger partial charge in [-0.05, 0) is 36.4 Å². The van der Waals surface area contributed by atoms with Crippen molar-refractivity contribution in [1.29, 1.82) is 0 Å². The van der Waals surface area contributed by atoms with Crippen LogP contribution in [0.25, 0.3) is 0 Å². The average molecular weight is 380 g/mol. The lowest BCUT2D eigenvalue weighted by molar-refractivity contribution is 0.0619. The molecule has 2 aromatic rings. The number of piperazine rings is 1. The maximum absolute atomic E-state index is 13.8. The molecular formula is C19H16F4N2O2. The van der Waals surface area contributed by atoms with Crippen LogP contribution in [0.1, 0.15) is 20.7 Å². The van der Waals surface area contributed by atoms with E-state index >= 15 is 0 Å². The maximum Gasteiger partial charge on any atom is 0.257 e.